The number of carbonyl (C=O) groups is 8. The summed E-state index contributed by atoms with van der Waals surface area (Å²) >= 11 is 5.35. The van der Waals surface area contributed by atoms with Crippen LogP contribution in [-0.2, 0) is 57.6 Å². The fourth-order valence-electron chi connectivity index (χ4n) is 7.53. The fraction of sp³-hybridized carbons (Fsp3) is 0.449. The Bertz CT molecular complexity index is 2610. The number of nitrogens with two attached hydrogens (primary N) is 3. The number of benzene rings is 3. The number of aromatic amines is 1. The van der Waals surface area contributed by atoms with E-state index in [1.165, 1.54) is 43.7 Å². The van der Waals surface area contributed by atoms with E-state index in [1.54, 1.807) is 13.8 Å². The zero-order valence-corrected chi connectivity index (χ0v) is 44.8. The molecule has 9 unspecified atom stereocenters. The number of aliphatic hydroxyl groups is 1. The van der Waals surface area contributed by atoms with Gasteiger partial charge in [0.25, 0.3) is 17.1 Å². The Morgan fingerprint density at radius 2 is 1.60 bits per heavy atom. The molecule has 1 aromatic heterocycles. The molecule has 0 bridgehead atoms. The first-order chi connectivity index (χ1) is 35.7. The number of thioether (sulfide) groups is 1. The first-order valence-corrected chi connectivity index (χ1v) is 27.8. The van der Waals surface area contributed by atoms with Crippen LogP contribution < -0.4 is 49.1 Å². The van der Waals surface area contributed by atoms with Crippen molar-refractivity contribution < 1.29 is 53.3 Å². The number of H-pyrrole nitrogens is 1. The SMILES string of the molecule is CC(C)C1NC(=O)C(S)(CCCCN)NC(=O)C(Cc2cnc[nH]2)NC(=O)C(Cc2ccc(O)cc2)OC(=O)C(NC(=O)C(N)Cc2ccc3ccccc3c2)CSSCC(C(=O)NC(C(N)=O)C(C)O)NC(=O)S1. The molecule has 0 spiro atoms. The molecule has 5 rings (SSSR count). The van der Waals surface area contributed by atoms with Gasteiger partial charge in [0.2, 0.25) is 23.6 Å². The highest BCUT2D eigenvalue weighted by Gasteiger charge is 2.41. The van der Waals surface area contributed by atoms with E-state index in [-0.39, 0.29) is 49.5 Å². The molecule has 1 aliphatic rings. The van der Waals surface area contributed by atoms with Gasteiger partial charge in [-0.05, 0) is 90.9 Å². The van der Waals surface area contributed by atoms with Gasteiger partial charge in [0.05, 0.1) is 23.8 Å². The number of unbranched alkanes of at least 4 members (excludes halogenated alkanes) is 1. The summed E-state index contributed by atoms with van der Waals surface area (Å²) in [6, 6.07) is 11.8. The minimum absolute atomic E-state index is 0.0681. The number of rotatable bonds is 17. The maximum Gasteiger partial charge on any atom is 0.330 e. The number of cyclic esters (lactones) is 1. The van der Waals surface area contributed by atoms with E-state index in [9.17, 15) is 48.6 Å². The maximum atomic E-state index is 14.6. The number of thiol groups is 1. The summed E-state index contributed by atoms with van der Waals surface area (Å²) in [4.78, 5) is 117. The van der Waals surface area contributed by atoms with Crippen LogP contribution in [0.15, 0.2) is 79.3 Å². The van der Waals surface area contributed by atoms with Gasteiger partial charge in [0, 0.05) is 36.2 Å². The lowest BCUT2D eigenvalue weighted by Crippen LogP contribution is -2.62. The van der Waals surface area contributed by atoms with Crippen LogP contribution in [0.2, 0.25) is 0 Å². The first kappa shape index (κ1) is 59.8. The number of nitrogens with one attached hydrogen (secondary N) is 7. The van der Waals surface area contributed by atoms with Crippen molar-refractivity contribution >= 4 is 103 Å². The molecule has 22 nitrogen and oxygen atoms in total. The van der Waals surface area contributed by atoms with E-state index in [1.807, 2.05) is 42.5 Å². The summed E-state index contributed by atoms with van der Waals surface area (Å²) in [5.74, 6) is -7.51. The van der Waals surface area contributed by atoms with Gasteiger partial charge < -0.3 is 69.0 Å². The predicted molar refractivity (Wildman–Crippen MR) is 291 cm³/mol. The second-order valence-electron chi connectivity index (χ2n) is 18.2. The summed E-state index contributed by atoms with van der Waals surface area (Å²) in [6.07, 6.45) is -0.0950. The Kier molecular flexibility index (Phi) is 22.9. The molecule has 0 radical (unpaired) electrons. The van der Waals surface area contributed by atoms with Gasteiger partial charge >= 0.3 is 5.97 Å². The summed E-state index contributed by atoms with van der Waals surface area (Å²) in [6.45, 7) is 4.92. The lowest BCUT2D eigenvalue weighted by atomic mass is 10.0. The zero-order valence-electron chi connectivity index (χ0n) is 41.5. The molecule has 406 valence electrons. The summed E-state index contributed by atoms with van der Waals surface area (Å²) in [7, 11) is 1.95. The second kappa shape index (κ2) is 28.8. The van der Waals surface area contributed by atoms with Crippen LogP contribution in [0.25, 0.3) is 10.8 Å². The molecule has 75 heavy (non-hydrogen) atoms. The maximum absolute atomic E-state index is 14.6. The van der Waals surface area contributed by atoms with Gasteiger partial charge in [-0.2, -0.15) is 0 Å². The van der Waals surface area contributed by atoms with Gasteiger partial charge in [0.15, 0.2) is 11.0 Å². The number of aliphatic hydroxyl groups excluding tert-OH is 1. The van der Waals surface area contributed by atoms with Crippen LogP contribution in [0.4, 0.5) is 4.79 Å². The first-order valence-electron chi connectivity index (χ1n) is 24.0. The smallest absolute Gasteiger partial charge is 0.330 e. The quantitative estimate of drug-likeness (QED) is 0.0304. The monoisotopic (exact) mass is 1110 g/mol. The lowest BCUT2D eigenvalue weighted by Gasteiger charge is -2.33. The molecule has 9 atom stereocenters. The highest BCUT2D eigenvalue weighted by molar-refractivity contribution is 8.76. The van der Waals surface area contributed by atoms with Crippen molar-refractivity contribution in [3.63, 3.8) is 0 Å². The van der Waals surface area contributed by atoms with Crippen molar-refractivity contribution in [3.05, 3.63) is 96.1 Å². The third-order valence-corrected chi connectivity index (χ3v) is 16.0. The number of carbonyl (C=O) groups excluding carboxylic acids is 8. The van der Waals surface area contributed by atoms with Crippen LogP contribution in [0.3, 0.4) is 0 Å². The van der Waals surface area contributed by atoms with Crippen molar-refractivity contribution in [2.45, 2.75) is 112 Å². The number of ether oxygens (including phenoxy) is 1. The Morgan fingerprint density at radius 3 is 2.25 bits per heavy atom. The number of phenolic OH excluding ortho intramolecular Hbond substituents is 1. The van der Waals surface area contributed by atoms with Crippen LogP contribution in [0, 0.1) is 5.92 Å². The van der Waals surface area contributed by atoms with Gasteiger partial charge in [-0.1, -0.05) is 90.0 Å². The molecule has 2 heterocycles. The number of nitrogens with zero attached hydrogens (tertiary/aromatic N) is 1. The van der Waals surface area contributed by atoms with Crippen molar-refractivity contribution in [2.24, 2.45) is 23.1 Å². The summed E-state index contributed by atoms with van der Waals surface area (Å²) < 4.78 is 5.97. The van der Waals surface area contributed by atoms with E-state index in [4.69, 9.17) is 34.6 Å². The summed E-state index contributed by atoms with van der Waals surface area (Å²) in [5.41, 5.74) is 19.3. The normalized spacial score (nSPS) is 23.0. The minimum Gasteiger partial charge on any atom is -0.508 e. The molecule has 26 heteroatoms. The van der Waals surface area contributed by atoms with Crippen molar-refractivity contribution in [2.75, 3.05) is 18.1 Å². The molecular formula is C49H65N11O11S4. The molecule has 4 aromatic rings. The molecule has 0 aliphatic carbocycles. The number of aromatic hydroxyl groups is 1. The van der Waals surface area contributed by atoms with Crippen molar-refractivity contribution in [3.8, 4) is 5.75 Å². The van der Waals surface area contributed by atoms with E-state index in [2.05, 4.69) is 41.9 Å². The average molecular weight is 1110 g/mol. The number of primary amides is 1. The number of imidazole rings is 1. The van der Waals surface area contributed by atoms with Crippen LogP contribution in [0.1, 0.15) is 56.9 Å². The van der Waals surface area contributed by atoms with Crippen LogP contribution in [-0.4, -0.2) is 138 Å². The number of amides is 7. The van der Waals surface area contributed by atoms with Gasteiger partial charge in [0.1, 0.15) is 29.9 Å². The third kappa shape index (κ3) is 18.3. The van der Waals surface area contributed by atoms with E-state index in [0.717, 1.165) is 37.9 Å². The lowest BCUT2D eigenvalue weighted by molar-refractivity contribution is -0.158. The molecule has 1 aliphatic heterocycles. The average Bonchev–Trinajstić information content (AvgIpc) is 3.88. The van der Waals surface area contributed by atoms with Gasteiger partial charge in [-0.3, -0.25) is 33.6 Å². The van der Waals surface area contributed by atoms with Crippen molar-refractivity contribution in [1.29, 1.82) is 0 Å². The largest absolute Gasteiger partial charge is 0.508 e. The van der Waals surface area contributed by atoms with Crippen molar-refractivity contribution in [1.82, 2.24) is 41.9 Å². The van der Waals surface area contributed by atoms with E-state index < -0.39 is 105 Å². The predicted octanol–water partition coefficient (Wildman–Crippen LogP) is 1.03. The topological polar surface area (TPSA) is 365 Å². The van der Waals surface area contributed by atoms with E-state index in [0.29, 0.717) is 35.9 Å². The molecule has 1 fully saturated rings. The Balaban J connectivity index is 1.55. The number of esters is 1. The van der Waals surface area contributed by atoms with Crippen LogP contribution >= 0.6 is 46.0 Å². The third-order valence-electron chi connectivity index (χ3n) is 11.8. The Hall–Kier alpha value is -6.03. The summed E-state index contributed by atoms with van der Waals surface area (Å²) in [5, 5.41) is 36.2. The Labute approximate surface area is 451 Å². The number of hydrogen-bond acceptors (Lipinski definition) is 18. The standard InChI is InChI=1S/C49H65N11O11S4/c1-26(2)45-59-47(69)49(72,16-6-7-17-50)60-43(66)35(21-32-22-53-25-54-32)55-44(67)38(20-28-11-14-33(62)15-12-28)71-46(68)37(56-41(64)34(51)19-29-10-13-30-8-4-5-9-31(30)18-29)24-74-73-23-36(57-48(70)75-45)42(65)58-39(27(3)61)40(52)63/h4-5,8-15,18,22,25-27,34-39,45,61-62,72H,6-7,16-17,19-21,23-24,50-51H2,1-3H3,(H2,52,63)(H,53,54)(H,55,67)(H,56,64)(H,57,70)(H,58,65)(H,59,69)(H,60,66). The highest BCUT2D eigenvalue weighted by Crippen LogP contribution is 2.27. The van der Waals surface area contributed by atoms with Gasteiger partial charge in [-0.25, -0.2) is 9.78 Å². The number of aromatic nitrogens is 2. The molecular weight excluding hydrogens is 1050 g/mol. The second-order valence-corrected chi connectivity index (χ2v) is 22.7. The van der Waals surface area contributed by atoms with Crippen LogP contribution in [0.5, 0.6) is 5.75 Å². The minimum atomic E-state index is -1.98. The van der Waals surface area contributed by atoms with E-state index >= 15 is 0 Å². The molecule has 3 aromatic carbocycles. The van der Waals surface area contributed by atoms with Gasteiger partial charge in [-0.15, -0.1) is 12.6 Å². The molecule has 7 amide bonds. The highest BCUT2D eigenvalue weighted by atomic mass is 33.1. The molecule has 0 saturated carbocycles. The fourth-order valence-corrected chi connectivity index (χ4v) is 11.1. The number of phenols is 1. The molecule has 1 saturated heterocycles. The Morgan fingerprint density at radius 1 is 0.907 bits per heavy atom. The number of fused-ring (bicyclic) bond motifs is 1. The number of hydrogen-bond donors (Lipinski definition) is 13. The molecule has 15 N–H and O–H groups in total. The zero-order chi connectivity index (χ0) is 54.8.